The fourth-order valence-corrected chi connectivity index (χ4v) is 2.33. The van der Waals surface area contributed by atoms with E-state index >= 15 is 0 Å². The molecule has 2 aromatic rings. The van der Waals surface area contributed by atoms with Gasteiger partial charge in [0.05, 0.1) is 11.6 Å². The van der Waals surface area contributed by atoms with Gasteiger partial charge in [-0.3, -0.25) is 10.0 Å². The fraction of sp³-hybridized carbons (Fsp3) is 0.158. The minimum absolute atomic E-state index is 0.175. The molecular formula is C19H19NO4. The monoisotopic (exact) mass is 325 g/mol. The molecule has 0 aromatic heterocycles. The van der Waals surface area contributed by atoms with Crippen molar-refractivity contribution in [3.8, 4) is 11.1 Å². The Morgan fingerprint density at radius 3 is 2.38 bits per heavy atom. The highest BCUT2D eigenvalue weighted by Crippen LogP contribution is 2.26. The summed E-state index contributed by atoms with van der Waals surface area (Å²) < 4.78 is 0. The van der Waals surface area contributed by atoms with Gasteiger partial charge in [0.1, 0.15) is 0 Å². The van der Waals surface area contributed by atoms with Crippen LogP contribution in [0.1, 0.15) is 29.8 Å². The van der Waals surface area contributed by atoms with E-state index in [1.54, 1.807) is 37.3 Å². The van der Waals surface area contributed by atoms with E-state index in [1.165, 1.54) is 6.92 Å². The largest absolute Gasteiger partial charge is 0.478 e. The molecule has 0 aliphatic carbocycles. The van der Waals surface area contributed by atoms with Crippen molar-refractivity contribution in [2.24, 2.45) is 0 Å². The second-order valence-corrected chi connectivity index (χ2v) is 5.44. The van der Waals surface area contributed by atoms with Crippen molar-refractivity contribution in [1.29, 1.82) is 0 Å². The number of carboxylic acid groups (broad SMARTS) is 1. The Morgan fingerprint density at radius 2 is 1.79 bits per heavy atom. The lowest BCUT2D eigenvalue weighted by Gasteiger charge is -2.17. The molecule has 2 rings (SSSR count). The lowest BCUT2D eigenvalue weighted by atomic mass is 9.97. The minimum Gasteiger partial charge on any atom is -0.478 e. The molecular weight excluding hydrogens is 306 g/mol. The van der Waals surface area contributed by atoms with Crippen molar-refractivity contribution in [3.05, 3.63) is 65.7 Å². The first-order valence-corrected chi connectivity index (χ1v) is 7.50. The van der Waals surface area contributed by atoms with E-state index in [0.717, 1.165) is 11.1 Å². The van der Waals surface area contributed by atoms with E-state index in [-0.39, 0.29) is 5.56 Å². The van der Waals surface area contributed by atoms with Crippen molar-refractivity contribution in [2.75, 3.05) is 0 Å². The highest BCUT2D eigenvalue weighted by Gasteiger charge is 2.12. The number of hydrogen-bond donors (Lipinski definition) is 2. The molecule has 5 heteroatoms. The van der Waals surface area contributed by atoms with Crippen LogP contribution in [-0.2, 0) is 4.79 Å². The summed E-state index contributed by atoms with van der Waals surface area (Å²) in [6, 6.07) is 13.9. The first kappa shape index (κ1) is 17.4. The average molecular weight is 325 g/mol. The van der Waals surface area contributed by atoms with Crippen molar-refractivity contribution in [3.63, 3.8) is 0 Å². The molecule has 0 aliphatic rings. The lowest BCUT2D eigenvalue weighted by molar-refractivity contribution is -0.167. The number of benzene rings is 2. The van der Waals surface area contributed by atoms with Crippen molar-refractivity contribution >= 4 is 18.0 Å². The van der Waals surface area contributed by atoms with E-state index in [4.69, 9.17) is 0 Å². The quantitative estimate of drug-likeness (QED) is 0.649. The maximum absolute atomic E-state index is 11.2. The smallest absolute Gasteiger partial charge is 0.335 e. The highest BCUT2D eigenvalue weighted by atomic mass is 16.5. The summed E-state index contributed by atoms with van der Waals surface area (Å²) in [6.07, 6.45) is 3.36. The Balaban J connectivity index is 2.44. The first-order chi connectivity index (χ1) is 11.4. The van der Waals surface area contributed by atoms with Crippen LogP contribution in [0.2, 0.25) is 0 Å². The standard InChI is InChI=1S/C19H19NO4/c1-13(20(24)14(2)21)8-9-16-12-17(19(22)23)10-11-18(16)15-6-4-3-5-7-15/h3-13,24H,1-2H3,(H,22,23)/t13-/m0/s1. The number of hydroxylamine groups is 2. The van der Waals surface area contributed by atoms with Crippen LogP contribution in [0.5, 0.6) is 0 Å². The van der Waals surface area contributed by atoms with Gasteiger partial charge in [-0.2, -0.15) is 0 Å². The Hall–Kier alpha value is -2.92. The molecule has 0 fully saturated rings. The van der Waals surface area contributed by atoms with Gasteiger partial charge in [-0.05, 0) is 35.7 Å². The lowest BCUT2D eigenvalue weighted by Crippen LogP contribution is -2.32. The summed E-state index contributed by atoms with van der Waals surface area (Å²) in [5.74, 6) is -1.47. The van der Waals surface area contributed by atoms with Crippen molar-refractivity contribution < 1.29 is 19.9 Å². The van der Waals surface area contributed by atoms with Crippen LogP contribution in [0.15, 0.2) is 54.6 Å². The van der Waals surface area contributed by atoms with E-state index < -0.39 is 17.9 Å². The molecule has 2 N–H and O–H groups in total. The Kier molecular flexibility index (Phi) is 5.50. The molecule has 0 bridgehead atoms. The van der Waals surface area contributed by atoms with Crippen molar-refractivity contribution in [2.45, 2.75) is 19.9 Å². The van der Waals surface area contributed by atoms with Gasteiger partial charge < -0.3 is 5.11 Å². The number of nitrogens with zero attached hydrogens (tertiary/aromatic N) is 1. The molecule has 0 unspecified atom stereocenters. The van der Waals surface area contributed by atoms with E-state index in [0.29, 0.717) is 10.6 Å². The molecule has 5 nitrogen and oxygen atoms in total. The highest BCUT2D eigenvalue weighted by molar-refractivity contribution is 5.90. The van der Waals surface area contributed by atoms with Crippen LogP contribution in [-0.4, -0.2) is 33.3 Å². The molecule has 24 heavy (non-hydrogen) atoms. The van der Waals surface area contributed by atoms with Crippen molar-refractivity contribution in [1.82, 2.24) is 5.06 Å². The predicted octanol–water partition coefficient (Wildman–Crippen LogP) is 3.69. The number of hydrogen-bond acceptors (Lipinski definition) is 3. The third-order valence-corrected chi connectivity index (χ3v) is 3.65. The van der Waals surface area contributed by atoms with Gasteiger partial charge in [0.25, 0.3) is 0 Å². The second kappa shape index (κ2) is 7.57. The first-order valence-electron chi connectivity index (χ1n) is 7.50. The molecule has 0 heterocycles. The number of aromatic carboxylic acids is 1. The van der Waals surface area contributed by atoms with Crippen LogP contribution in [0.3, 0.4) is 0 Å². The molecule has 0 spiro atoms. The molecule has 1 atom stereocenters. The SMILES string of the molecule is CC(=O)N(O)[C@@H](C)C=Cc1cc(C(=O)O)ccc1-c1ccccc1. The summed E-state index contributed by atoms with van der Waals surface area (Å²) in [5, 5.41) is 19.5. The Labute approximate surface area is 140 Å². The van der Waals surface area contributed by atoms with Gasteiger partial charge in [-0.15, -0.1) is 0 Å². The Morgan fingerprint density at radius 1 is 1.12 bits per heavy atom. The number of carbonyl (C=O) groups is 2. The predicted molar refractivity (Wildman–Crippen MR) is 91.6 cm³/mol. The summed E-state index contributed by atoms with van der Waals surface area (Å²) in [7, 11) is 0. The summed E-state index contributed by atoms with van der Waals surface area (Å²) >= 11 is 0. The molecule has 0 saturated carbocycles. The maximum atomic E-state index is 11.2. The summed E-state index contributed by atoms with van der Waals surface area (Å²) in [4.78, 5) is 22.4. The van der Waals surface area contributed by atoms with Gasteiger partial charge in [0, 0.05) is 6.92 Å². The number of amides is 1. The normalized spacial score (nSPS) is 12.1. The Bertz CT molecular complexity index is 768. The van der Waals surface area contributed by atoms with E-state index in [2.05, 4.69) is 0 Å². The summed E-state index contributed by atoms with van der Waals surface area (Å²) in [6.45, 7) is 2.94. The zero-order valence-electron chi connectivity index (χ0n) is 13.5. The molecule has 0 aliphatic heterocycles. The van der Waals surface area contributed by atoms with Crippen LogP contribution < -0.4 is 0 Å². The van der Waals surface area contributed by atoms with E-state index in [9.17, 15) is 19.9 Å². The fourth-order valence-electron chi connectivity index (χ4n) is 2.33. The van der Waals surface area contributed by atoms with E-state index in [1.807, 2.05) is 30.3 Å². The number of rotatable bonds is 5. The zero-order chi connectivity index (χ0) is 17.7. The molecule has 2 aromatic carbocycles. The molecule has 124 valence electrons. The third kappa shape index (κ3) is 4.08. The van der Waals surface area contributed by atoms with Crippen LogP contribution in [0, 0.1) is 0 Å². The zero-order valence-corrected chi connectivity index (χ0v) is 13.5. The molecule has 0 saturated heterocycles. The van der Waals surface area contributed by atoms with Gasteiger partial charge in [-0.1, -0.05) is 48.6 Å². The molecule has 1 amide bonds. The number of carboxylic acids is 1. The van der Waals surface area contributed by atoms with Crippen LogP contribution in [0.4, 0.5) is 0 Å². The topological polar surface area (TPSA) is 77.8 Å². The number of carbonyl (C=O) groups excluding carboxylic acids is 1. The average Bonchev–Trinajstić information content (AvgIpc) is 2.59. The third-order valence-electron chi connectivity index (χ3n) is 3.65. The van der Waals surface area contributed by atoms with Crippen LogP contribution >= 0.6 is 0 Å². The summed E-state index contributed by atoms with van der Waals surface area (Å²) in [5.41, 5.74) is 2.70. The maximum Gasteiger partial charge on any atom is 0.335 e. The van der Waals surface area contributed by atoms with Gasteiger partial charge in [-0.25, -0.2) is 9.86 Å². The van der Waals surface area contributed by atoms with Gasteiger partial charge in [0.2, 0.25) is 5.91 Å². The van der Waals surface area contributed by atoms with Crippen LogP contribution in [0.25, 0.3) is 17.2 Å². The minimum atomic E-state index is -1.01. The molecule has 0 radical (unpaired) electrons. The second-order valence-electron chi connectivity index (χ2n) is 5.44. The van der Waals surface area contributed by atoms with Gasteiger partial charge in [0.15, 0.2) is 0 Å². The van der Waals surface area contributed by atoms with Gasteiger partial charge >= 0.3 is 5.97 Å².